The molecule has 2 aromatic carbocycles. The Bertz CT molecular complexity index is 841. The van der Waals surface area contributed by atoms with Crippen molar-refractivity contribution in [3.05, 3.63) is 72.7 Å². The van der Waals surface area contributed by atoms with Gasteiger partial charge in [0.1, 0.15) is 0 Å². The lowest BCUT2D eigenvalue weighted by Gasteiger charge is -2.39. The zero-order valence-corrected chi connectivity index (χ0v) is 16.1. The number of hydrogen-bond donors (Lipinski definition) is 1. The van der Waals surface area contributed by atoms with E-state index in [9.17, 15) is 0 Å². The van der Waals surface area contributed by atoms with E-state index in [4.69, 9.17) is 58.0 Å². The van der Waals surface area contributed by atoms with Crippen molar-refractivity contribution < 1.29 is 0 Å². The van der Waals surface area contributed by atoms with Gasteiger partial charge in [0.05, 0.1) is 26.8 Å². The fraction of sp³-hybridized carbons (Fsp3) is 0.222. The van der Waals surface area contributed by atoms with E-state index in [1.54, 1.807) is 6.07 Å². The van der Waals surface area contributed by atoms with Crippen LogP contribution in [0.5, 0.6) is 0 Å². The molecule has 0 saturated heterocycles. The lowest BCUT2D eigenvalue weighted by molar-refractivity contribution is 0.426. The van der Waals surface area contributed by atoms with Crippen LogP contribution in [-0.2, 0) is 0 Å². The van der Waals surface area contributed by atoms with Crippen LogP contribution in [0.1, 0.15) is 29.5 Å². The molecule has 1 nitrogen and oxygen atoms in total. The fourth-order valence-electron chi connectivity index (χ4n) is 3.76. The number of hydrogen-bond acceptors (Lipinski definition) is 1. The molecule has 6 heteroatoms. The summed E-state index contributed by atoms with van der Waals surface area (Å²) in [7, 11) is 0. The summed E-state index contributed by atoms with van der Waals surface area (Å²) in [6, 6.07) is 7.18. The average Bonchev–Trinajstić information content (AvgIpc) is 3.01. The van der Waals surface area contributed by atoms with Crippen molar-refractivity contribution in [2.75, 3.05) is 5.32 Å². The maximum Gasteiger partial charge on any atom is 0.0656 e. The second-order valence-corrected chi connectivity index (χ2v) is 8.06. The molecule has 3 atom stereocenters. The van der Waals surface area contributed by atoms with Gasteiger partial charge in [0.15, 0.2) is 0 Å². The molecule has 2 aromatic rings. The quantitative estimate of drug-likeness (QED) is 0.367. The SMILES string of the molecule is Clc1cc(Cl)c2c(c1Cl)[C@@H]1C=CC[C@@H]1[C@H](c1c(Cl)cccc1Cl)N2. The first-order valence-corrected chi connectivity index (χ1v) is 9.42. The van der Waals surface area contributed by atoms with Gasteiger partial charge in [-0.25, -0.2) is 0 Å². The maximum absolute atomic E-state index is 6.49. The molecule has 1 heterocycles. The second kappa shape index (κ2) is 6.30. The van der Waals surface area contributed by atoms with Crippen LogP contribution in [0.3, 0.4) is 0 Å². The summed E-state index contributed by atoms with van der Waals surface area (Å²) in [6.45, 7) is 0. The molecule has 1 aliphatic heterocycles. The van der Waals surface area contributed by atoms with Gasteiger partial charge in [0, 0.05) is 27.1 Å². The van der Waals surface area contributed by atoms with Gasteiger partial charge in [-0.2, -0.15) is 0 Å². The molecule has 4 rings (SSSR count). The summed E-state index contributed by atoms with van der Waals surface area (Å²) >= 11 is 32.1. The van der Waals surface area contributed by atoms with Crippen LogP contribution in [0.15, 0.2) is 36.4 Å². The summed E-state index contributed by atoms with van der Waals surface area (Å²) < 4.78 is 0. The number of halogens is 5. The molecule has 0 bridgehead atoms. The van der Waals surface area contributed by atoms with Crippen LogP contribution in [0, 0.1) is 5.92 Å². The Kier molecular flexibility index (Phi) is 4.43. The van der Waals surface area contributed by atoms with Gasteiger partial charge >= 0.3 is 0 Å². The number of allylic oxidation sites excluding steroid dienone is 2. The number of rotatable bonds is 1. The van der Waals surface area contributed by atoms with Crippen molar-refractivity contribution in [2.45, 2.75) is 18.4 Å². The van der Waals surface area contributed by atoms with Gasteiger partial charge < -0.3 is 5.32 Å². The zero-order chi connectivity index (χ0) is 17.0. The topological polar surface area (TPSA) is 12.0 Å². The third-order valence-corrected chi connectivity index (χ3v) is 6.55. The standard InChI is InChI=1S/C18H12Cl5N/c19-10-5-2-6-11(20)15(10)17-9-4-1-3-8(9)14-16(23)12(21)7-13(22)18(14)24-17/h1-3,5-9,17,24H,4H2/t8-,9+,17-/m1/s1. The van der Waals surface area contributed by atoms with E-state index in [0.29, 0.717) is 25.1 Å². The number of nitrogens with one attached hydrogen (secondary N) is 1. The predicted molar refractivity (Wildman–Crippen MR) is 104 cm³/mol. The Hall–Kier alpha value is -0.570. The van der Waals surface area contributed by atoms with Crippen molar-refractivity contribution >= 4 is 63.7 Å². The van der Waals surface area contributed by atoms with Crippen LogP contribution in [0.4, 0.5) is 5.69 Å². The molecule has 0 radical (unpaired) electrons. The first-order valence-electron chi connectivity index (χ1n) is 7.53. The number of anilines is 1. The number of fused-ring (bicyclic) bond motifs is 3. The number of benzene rings is 2. The average molecular weight is 420 g/mol. The van der Waals surface area contributed by atoms with Gasteiger partial charge in [-0.05, 0) is 30.5 Å². The molecule has 0 amide bonds. The molecule has 124 valence electrons. The predicted octanol–water partition coefficient (Wildman–Crippen LogP) is 7.78. The van der Waals surface area contributed by atoms with Crippen molar-refractivity contribution in [1.29, 1.82) is 0 Å². The van der Waals surface area contributed by atoms with Gasteiger partial charge in [-0.1, -0.05) is 76.2 Å². The van der Waals surface area contributed by atoms with E-state index in [1.807, 2.05) is 18.2 Å². The van der Waals surface area contributed by atoms with E-state index in [-0.39, 0.29) is 17.9 Å². The van der Waals surface area contributed by atoms with Crippen molar-refractivity contribution in [2.24, 2.45) is 5.92 Å². The van der Waals surface area contributed by atoms with E-state index >= 15 is 0 Å². The molecular formula is C18H12Cl5N. The Labute approximate surface area is 165 Å². The lowest BCUT2D eigenvalue weighted by atomic mass is 9.77. The monoisotopic (exact) mass is 417 g/mol. The third kappa shape index (κ3) is 2.53. The minimum absolute atomic E-state index is 0.0477. The highest BCUT2D eigenvalue weighted by molar-refractivity contribution is 6.45. The van der Waals surface area contributed by atoms with E-state index in [0.717, 1.165) is 23.2 Å². The van der Waals surface area contributed by atoms with Gasteiger partial charge in [-0.15, -0.1) is 0 Å². The summed E-state index contributed by atoms with van der Waals surface area (Å²) in [5.41, 5.74) is 2.65. The molecule has 0 spiro atoms. The lowest BCUT2D eigenvalue weighted by Crippen LogP contribution is -2.30. The van der Waals surface area contributed by atoms with Gasteiger partial charge in [-0.3, -0.25) is 0 Å². The van der Waals surface area contributed by atoms with E-state index in [1.165, 1.54) is 0 Å². The first-order chi connectivity index (χ1) is 11.5. The Morgan fingerprint density at radius 1 is 0.875 bits per heavy atom. The van der Waals surface area contributed by atoms with Gasteiger partial charge in [0.2, 0.25) is 0 Å². The Balaban J connectivity index is 1.92. The summed E-state index contributed by atoms with van der Waals surface area (Å²) in [5, 5.41) is 6.37. The molecule has 2 aliphatic rings. The molecule has 1 N–H and O–H groups in total. The molecule has 0 fully saturated rings. The summed E-state index contributed by atoms with van der Waals surface area (Å²) in [5.74, 6) is 0.379. The van der Waals surface area contributed by atoms with E-state index < -0.39 is 0 Å². The minimum atomic E-state index is -0.0477. The van der Waals surface area contributed by atoms with E-state index in [2.05, 4.69) is 17.5 Å². The summed E-state index contributed by atoms with van der Waals surface area (Å²) in [6.07, 6.45) is 5.24. The maximum atomic E-state index is 6.49. The van der Waals surface area contributed by atoms with Gasteiger partial charge in [0.25, 0.3) is 0 Å². The second-order valence-electron chi connectivity index (χ2n) is 6.05. The molecule has 24 heavy (non-hydrogen) atoms. The van der Waals surface area contributed by atoms with Crippen LogP contribution in [0.2, 0.25) is 25.1 Å². The fourth-order valence-corrected chi connectivity index (χ4v) is 5.20. The molecule has 1 aliphatic carbocycles. The van der Waals surface area contributed by atoms with Crippen molar-refractivity contribution in [3.8, 4) is 0 Å². The highest BCUT2D eigenvalue weighted by Gasteiger charge is 2.41. The Morgan fingerprint density at radius 3 is 2.29 bits per heavy atom. The zero-order valence-electron chi connectivity index (χ0n) is 12.3. The molecule has 0 aromatic heterocycles. The highest BCUT2D eigenvalue weighted by Crippen LogP contribution is 2.56. The minimum Gasteiger partial charge on any atom is -0.376 e. The largest absolute Gasteiger partial charge is 0.376 e. The Morgan fingerprint density at radius 2 is 1.58 bits per heavy atom. The van der Waals surface area contributed by atoms with Crippen LogP contribution < -0.4 is 5.32 Å². The smallest absolute Gasteiger partial charge is 0.0656 e. The molecular weight excluding hydrogens is 407 g/mol. The van der Waals surface area contributed by atoms with Crippen molar-refractivity contribution in [3.63, 3.8) is 0 Å². The normalized spacial score (nSPS) is 24.5. The third-order valence-electron chi connectivity index (χ3n) is 4.79. The van der Waals surface area contributed by atoms with Crippen LogP contribution in [0.25, 0.3) is 0 Å². The molecule has 0 saturated carbocycles. The van der Waals surface area contributed by atoms with Crippen LogP contribution in [-0.4, -0.2) is 0 Å². The molecule has 0 unspecified atom stereocenters. The highest BCUT2D eigenvalue weighted by atomic mass is 35.5. The van der Waals surface area contributed by atoms with Crippen molar-refractivity contribution in [1.82, 2.24) is 0 Å². The summed E-state index contributed by atoms with van der Waals surface area (Å²) in [4.78, 5) is 0. The first kappa shape index (κ1) is 16.9. The van der Waals surface area contributed by atoms with Crippen LogP contribution >= 0.6 is 58.0 Å².